The maximum absolute atomic E-state index is 13.0. The van der Waals surface area contributed by atoms with E-state index in [4.69, 9.17) is 28.4 Å². The first-order chi connectivity index (χ1) is 29.8. The third-order valence-corrected chi connectivity index (χ3v) is 10.9. The quantitative estimate of drug-likeness (QED) is 0.0342. The lowest BCUT2D eigenvalue weighted by atomic mass is 9.96. The van der Waals surface area contributed by atoms with Crippen LogP contribution in [0.15, 0.2) is 48.6 Å². The third-order valence-electron chi connectivity index (χ3n) is 10.9. The van der Waals surface area contributed by atoms with Crippen molar-refractivity contribution in [3.05, 3.63) is 48.6 Å². The molecule has 12 N–H and O–H groups in total. The predicted molar refractivity (Wildman–Crippen MR) is 222 cm³/mol. The Hall–Kier alpha value is -2.25. The van der Waals surface area contributed by atoms with E-state index in [1.165, 1.54) is 0 Å². The molecule has 19 nitrogen and oxygen atoms in total. The molecule has 0 saturated carbocycles. The molecule has 3 aliphatic heterocycles. The molecular weight excluding hydrogens is 818 g/mol. The van der Waals surface area contributed by atoms with Crippen LogP contribution in [-0.4, -0.2) is 193 Å². The summed E-state index contributed by atoms with van der Waals surface area (Å²) in [7, 11) is 0. The van der Waals surface area contributed by atoms with E-state index in [1.807, 2.05) is 18.2 Å². The zero-order valence-corrected chi connectivity index (χ0v) is 35.8. The van der Waals surface area contributed by atoms with E-state index in [9.17, 15) is 61.0 Å². The second-order valence-electron chi connectivity index (χ2n) is 15.8. The van der Waals surface area contributed by atoms with Crippen LogP contribution in [0.5, 0.6) is 0 Å². The van der Waals surface area contributed by atoms with Gasteiger partial charge in [-0.25, -0.2) is 0 Å². The van der Waals surface area contributed by atoms with Crippen molar-refractivity contribution in [1.29, 1.82) is 0 Å². The average Bonchev–Trinajstić information content (AvgIpc) is 3.27. The van der Waals surface area contributed by atoms with Gasteiger partial charge in [-0.2, -0.15) is 0 Å². The van der Waals surface area contributed by atoms with Gasteiger partial charge in [-0.15, -0.1) is 0 Å². The zero-order chi connectivity index (χ0) is 45.6. The molecule has 0 aromatic rings. The number of aliphatic hydroxyl groups is 11. The number of carbonyl (C=O) groups excluding carboxylic acids is 1. The minimum atomic E-state index is -1.98. The molecule has 62 heavy (non-hydrogen) atoms. The Kier molecular flexibility index (Phi) is 25.6. The SMILES string of the molecule is CC/C=C\C/C=C\C/C=C\C/C=C\CCC(=O)NC(COC1OC(CO)C(OC2OC(CO)C(OC3OC(CO)C(O)C(O)C3O)C(O)C2O)C(O)C1O)C(O)CCCCCC. The van der Waals surface area contributed by atoms with Crippen LogP contribution in [0.2, 0.25) is 0 Å². The normalized spacial score (nSPS) is 35.7. The maximum atomic E-state index is 13.0. The molecule has 17 unspecified atom stereocenters. The van der Waals surface area contributed by atoms with Crippen molar-refractivity contribution < 1.29 is 89.4 Å². The highest BCUT2D eigenvalue weighted by Crippen LogP contribution is 2.33. The predicted octanol–water partition coefficient (Wildman–Crippen LogP) is -1.15. The van der Waals surface area contributed by atoms with Crippen LogP contribution in [0.4, 0.5) is 0 Å². The summed E-state index contributed by atoms with van der Waals surface area (Å²) < 4.78 is 33.8. The molecule has 0 aromatic heterocycles. The van der Waals surface area contributed by atoms with Gasteiger partial charge in [0, 0.05) is 6.42 Å². The molecule has 3 heterocycles. The second-order valence-corrected chi connectivity index (χ2v) is 15.8. The van der Waals surface area contributed by atoms with E-state index >= 15 is 0 Å². The summed E-state index contributed by atoms with van der Waals surface area (Å²) in [6.45, 7) is 1.39. The van der Waals surface area contributed by atoms with Gasteiger partial charge in [-0.05, 0) is 38.5 Å². The lowest BCUT2D eigenvalue weighted by Crippen LogP contribution is -2.66. The summed E-state index contributed by atoms with van der Waals surface area (Å²) in [5.74, 6) is -0.337. The van der Waals surface area contributed by atoms with Gasteiger partial charge in [0.15, 0.2) is 18.9 Å². The third kappa shape index (κ3) is 16.6. The Morgan fingerprint density at radius 3 is 1.61 bits per heavy atom. The zero-order valence-electron chi connectivity index (χ0n) is 35.8. The molecule has 3 aliphatic rings. The van der Waals surface area contributed by atoms with Crippen LogP contribution < -0.4 is 5.32 Å². The van der Waals surface area contributed by atoms with Gasteiger partial charge in [-0.1, -0.05) is 88.1 Å². The molecule has 0 bridgehead atoms. The molecule has 358 valence electrons. The molecule has 0 radical (unpaired) electrons. The summed E-state index contributed by atoms with van der Waals surface area (Å²) in [4.78, 5) is 13.0. The van der Waals surface area contributed by atoms with Gasteiger partial charge in [0.25, 0.3) is 0 Å². The first-order valence-corrected chi connectivity index (χ1v) is 21.9. The van der Waals surface area contributed by atoms with E-state index in [1.54, 1.807) is 0 Å². The summed E-state index contributed by atoms with van der Waals surface area (Å²) >= 11 is 0. The molecule has 3 saturated heterocycles. The number of carbonyl (C=O) groups is 1. The monoisotopic (exact) mass is 891 g/mol. The van der Waals surface area contributed by atoms with E-state index < -0.39 is 124 Å². The Balaban J connectivity index is 1.58. The fourth-order valence-corrected chi connectivity index (χ4v) is 7.20. The summed E-state index contributed by atoms with van der Waals surface area (Å²) in [6.07, 6.45) is -2.19. The number of aliphatic hydroxyl groups excluding tert-OH is 11. The van der Waals surface area contributed by atoms with Crippen LogP contribution in [0, 0.1) is 0 Å². The van der Waals surface area contributed by atoms with Crippen molar-refractivity contribution in [1.82, 2.24) is 5.32 Å². The lowest BCUT2D eigenvalue weighted by molar-refractivity contribution is -0.379. The molecule has 3 rings (SSSR count). The van der Waals surface area contributed by atoms with Crippen molar-refractivity contribution in [3.8, 4) is 0 Å². The van der Waals surface area contributed by atoms with Crippen molar-refractivity contribution in [3.63, 3.8) is 0 Å². The number of amides is 1. The lowest BCUT2D eigenvalue weighted by Gasteiger charge is -2.48. The highest BCUT2D eigenvalue weighted by Gasteiger charge is 2.53. The van der Waals surface area contributed by atoms with Crippen LogP contribution in [0.3, 0.4) is 0 Å². The Labute approximate surface area is 363 Å². The number of nitrogens with one attached hydrogen (secondary N) is 1. The first-order valence-electron chi connectivity index (χ1n) is 21.9. The number of rotatable bonds is 27. The number of allylic oxidation sites excluding steroid dienone is 8. The molecule has 0 aliphatic carbocycles. The highest BCUT2D eigenvalue weighted by atomic mass is 16.8. The van der Waals surface area contributed by atoms with E-state index in [2.05, 4.69) is 49.5 Å². The Morgan fingerprint density at radius 2 is 1.08 bits per heavy atom. The van der Waals surface area contributed by atoms with Crippen LogP contribution >= 0.6 is 0 Å². The summed E-state index contributed by atoms with van der Waals surface area (Å²) in [5, 5.41) is 119. The van der Waals surface area contributed by atoms with Gasteiger partial charge in [-0.3, -0.25) is 4.79 Å². The number of hydrogen-bond donors (Lipinski definition) is 12. The Bertz CT molecular complexity index is 1350. The van der Waals surface area contributed by atoms with E-state index in [0.717, 1.165) is 44.9 Å². The van der Waals surface area contributed by atoms with E-state index in [0.29, 0.717) is 19.3 Å². The van der Waals surface area contributed by atoms with Gasteiger partial charge in [0.1, 0.15) is 73.2 Å². The molecule has 3 fully saturated rings. The second kappa shape index (κ2) is 29.3. The first kappa shape index (κ1) is 54.1. The van der Waals surface area contributed by atoms with E-state index in [-0.39, 0.29) is 18.9 Å². The minimum Gasteiger partial charge on any atom is -0.394 e. The van der Waals surface area contributed by atoms with Crippen molar-refractivity contribution >= 4 is 5.91 Å². The Morgan fingerprint density at radius 1 is 0.597 bits per heavy atom. The summed E-state index contributed by atoms with van der Waals surface area (Å²) in [5.41, 5.74) is 0. The van der Waals surface area contributed by atoms with Crippen LogP contribution in [0.1, 0.15) is 84.5 Å². The van der Waals surface area contributed by atoms with Crippen LogP contribution in [0.25, 0.3) is 0 Å². The average molecular weight is 892 g/mol. The van der Waals surface area contributed by atoms with Gasteiger partial charge in [0.2, 0.25) is 5.91 Å². The fourth-order valence-electron chi connectivity index (χ4n) is 7.20. The molecule has 0 spiro atoms. The van der Waals surface area contributed by atoms with Crippen molar-refractivity contribution in [2.75, 3.05) is 26.4 Å². The fraction of sp³-hybridized carbons (Fsp3) is 0.791. The topological polar surface area (TPSA) is 307 Å². The van der Waals surface area contributed by atoms with Crippen LogP contribution in [-0.2, 0) is 33.2 Å². The number of hydrogen-bond acceptors (Lipinski definition) is 18. The number of ether oxygens (including phenoxy) is 6. The smallest absolute Gasteiger partial charge is 0.220 e. The minimum absolute atomic E-state index is 0.141. The molecule has 19 heteroatoms. The largest absolute Gasteiger partial charge is 0.394 e. The highest BCUT2D eigenvalue weighted by molar-refractivity contribution is 5.76. The number of unbranched alkanes of at least 4 members (excludes halogenated alkanes) is 3. The molecule has 17 atom stereocenters. The molecule has 0 aromatic carbocycles. The van der Waals surface area contributed by atoms with Crippen molar-refractivity contribution in [2.45, 2.75) is 189 Å². The summed E-state index contributed by atoms with van der Waals surface area (Å²) in [6, 6.07) is -0.920. The standard InChI is InChI=1S/C43H73NO18/c1-3-5-7-9-10-11-12-13-14-15-16-17-19-21-31(49)44-26(27(48)20-18-8-6-4-2)25-57-41-37(55)34(52)39(29(23-46)59-41)62-43-38(56)35(53)40(30(24-47)60-43)61-42-36(54)33(51)32(50)28(22-45)58-42/h5,7,10-11,13-14,16-17,26-30,32-43,45-48,50-56H,3-4,6,8-9,12,15,18-25H2,1-2H3,(H,44,49)/b7-5-,11-10-,14-13-,17-16-. The van der Waals surface area contributed by atoms with Gasteiger partial charge in [0.05, 0.1) is 38.6 Å². The maximum Gasteiger partial charge on any atom is 0.220 e. The van der Waals surface area contributed by atoms with Crippen molar-refractivity contribution in [2.24, 2.45) is 0 Å². The molecular formula is C43H73NO18. The molecule has 1 amide bonds. The van der Waals surface area contributed by atoms with Gasteiger partial charge >= 0.3 is 0 Å². The van der Waals surface area contributed by atoms with Gasteiger partial charge < -0.3 is 89.9 Å².